The standard InChI is InChI=1S/C13H18O/c1-2-9-3-4-10-5-6-12-11(13(9)10)7-8-14-12/h9H,2-8H2,1H3. The SMILES string of the molecule is CCC1CCC2=C1C1=C(CC2)OCC1. The molecule has 0 fully saturated rings. The van der Waals surface area contributed by atoms with Crippen molar-refractivity contribution in [3.63, 3.8) is 0 Å². The maximum atomic E-state index is 5.70. The quantitative estimate of drug-likeness (QED) is 0.614. The molecule has 1 nitrogen and oxygen atoms in total. The fourth-order valence-corrected chi connectivity index (χ4v) is 3.32. The van der Waals surface area contributed by atoms with E-state index in [1.165, 1.54) is 44.3 Å². The van der Waals surface area contributed by atoms with E-state index in [9.17, 15) is 0 Å². The lowest BCUT2D eigenvalue weighted by Crippen LogP contribution is -2.05. The molecule has 3 aliphatic rings. The largest absolute Gasteiger partial charge is 0.497 e. The first kappa shape index (κ1) is 8.58. The summed E-state index contributed by atoms with van der Waals surface area (Å²) in [4.78, 5) is 0. The molecule has 0 saturated heterocycles. The zero-order valence-corrected chi connectivity index (χ0v) is 8.94. The molecule has 14 heavy (non-hydrogen) atoms. The molecule has 0 spiro atoms. The normalized spacial score (nSPS) is 30.5. The number of ether oxygens (including phenoxy) is 1. The van der Waals surface area contributed by atoms with E-state index < -0.39 is 0 Å². The lowest BCUT2D eigenvalue weighted by molar-refractivity contribution is 0.233. The van der Waals surface area contributed by atoms with Crippen LogP contribution in [0.25, 0.3) is 0 Å². The van der Waals surface area contributed by atoms with Crippen molar-refractivity contribution in [1.82, 2.24) is 0 Å². The van der Waals surface area contributed by atoms with Crippen molar-refractivity contribution >= 4 is 0 Å². The summed E-state index contributed by atoms with van der Waals surface area (Å²) >= 11 is 0. The van der Waals surface area contributed by atoms with Crippen LogP contribution in [-0.2, 0) is 4.74 Å². The van der Waals surface area contributed by atoms with Crippen LogP contribution in [0.15, 0.2) is 22.5 Å². The molecule has 0 amide bonds. The van der Waals surface area contributed by atoms with E-state index in [1.54, 1.807) is 16.7 Å². The van der Waals surface area contributed by atoms with E-state index in [4.69, 9.17) is 4.74 Å². The minimum absolute atomic E-state index is 0.858. The maximum Gasteiger partial charge on any atom is 0.0999 e. The van der Waals surface area contributed by atoms with Gasteiger partial charge in [0.15, 0.2) is 0 Å². The predicted octanol–water partition coefficient (Wildman–Crippen LogP) is 3.57. The molecule has 0 saturated carbocycles. The average Bonchev–Trinajstić information content (AvgIpc) is 2.82. The molecule has 1 aliphatic heterocycles. The van der Waals surface area contributed by atoms with Crippen LogP contribution in [0.5, 0.6) is 0 Å². The molecule has 0 bridgehead atoms. The molecule has 0 N–H and O–H groups in total. The number of hydrogen-bond acceptors (Lipinski definition) is 1. The molecule has 2 aliphatic carbocycles. The van der Waals surface area contributed by atoms with Crippen LogP contribution in [0.1, 0.15) is 45.4 Å². The van der Waals surface area contributed by atoms with E-state index in [1.807, 2.05) is 0 Å². The van der Waals surface area contributed by atoms with Crippen LogP contribution in [0, 0.1) is 5.92 Å². The van der Waals surface area contributed by atoms with Gasteiger partial charge in [-0.1, -0.05) is 12.5 Å². The topological polar surface area (TPSA) is 9.23 Å². The minimum Gasteiger partial charge on any atom is -0.497 e. The van der Waals surface area contributed by atoms with Crippen molar-refractivity contribution in [3.05, 3.63) is 22.5 Å². The summed E-state index contributed by atoms with van der Waals surface area (Å²) in [6.07, 6.45) is 7.73. The molecule has 0 radical (unpaired) electrons. The van der Waals surface area contributed by atoms with E-state index in [0.29, 0.717) is 0 Å². The highest BCUT2D eigenvalue weighted by Gasteiger charge is 2.33. The van der Waals surface area contributed by atoms with Gasteiger partial charge in [-0.2, -0.15) is 0 Å². The molecular formula is C13H18O. The lowest BCUT2D eigenvalue weighted by Gasteiger charge is -2.20. The summed E-state index contributed by atoms with van der Waals surface area (Å²) in [5, 5.41) is 0. The third-order valence-electron chi connectivity index (χ3n) is 4.02. The van der Waals surface area contributed by atoms with Crippen LogP contribution in [0.2, 0.25) is 0 Å². The van der Waals surface area contributed by atoms with Gasteiger partial charge in [-0.3, -0.25) is 0 Å². The maximum absolute atomic E-state index is 5.70. The fraction of sp³-hybridized carbons (Fsp3) is 0.692. The van der Waals surface area contributed by atoms with Crippen LogP contribution in [0.3, 0.4) is 0 Å². The first-order valence-electron chi connectivity index (χ1n) is 5.97. The highest BCUT2D eigenvalue weighted by Crippen LogP contribution is 2.47. The Kier molecular flexibility index (Phi) is 1.93. The Morgan fingerprint density at radius 3 is 3.00 bits per heavy atom. The summed E-state index contributed by atoms with van der Waals surface area (Å²) in [7, 11) is 0. The second-order valence-corrected chi connectivity index (χ2v) is 4.66. The van der Waals surface area contributed by atoms with E-state index >= 15 is 0 Å². The number of rotatable bonds is 1. The Labute approximate surface area is 85.8 Å². The lowest BCUT2D eigenvalue weighted by atomic mass is 9.85. The third kappa shape index (κ3) is 1.08. The number of allylic oxidation sites excluding steroid dienone is 3. The van der Waals surface area contributed by atoms with Crippen molar-refractivity contribution < 1.29 is 4.74 Å². The minimum atomic E-state index is 0.858. The summed E-state index contributed by atoms with van der Waals surface area (Å²) in [5.41, 5.74) is 5.10. The average molecular weight is 190 g/mol. The molecule has 0 aromatic carbocycles. The highest BCUT2D eigenvalue weighted by atomic mass is 16.5. The highest BCUT2D eigenvalue weighted by molar-refractivity contribution is 5.46. The van der Waals surface area contributed by atoms with Gasteiger partial charge >= 0.3 is 0 Å². The Balaban J connectivity index is 2.01. The molecule has 1 heterocycles. The third-order valence-corrected chi connectivity index (χ3v) is 4.02. The van der Waals surface area contributed by atoms with Gasteiger partial charge in [0.05, 0.1) is 12.4 Å². The van der Waals surface area contributed by atoms with Gasteiger partial charge < -0.3 is 4.74 Å². The zero-order chi connectivity index (χ0) is 9.54. The monoisotopic (exact) mass is 190 g/mol. The zero-order valence-electron chi connectivity index (χ0n) is 8.94. The van der Waals surface area contributed by atoms with Crippen molar-refractivity contribution in [2.75, 3.05) is 6.61 Å². The van der Waals surface area contributed by atoms with Gasteiger partial charge in [0.2, 0.25) is 0 Å². The van der Waals surface area contributed by atoms with Crippen molar-refractivity contribution in [2.24, 2.45) is 5.92 Å². The molecule has 0 aromatic heterocycles. The van der Waals surface area contributed by atoms with E-state index in [-0.39, 0.29) is 0 Å². The Bertz CT molecular complexity index is 322. The van der Waals surface area contributed by atoms with Crippen LogP contribution >= 0.6 is 0 Å². The van der Waals surface area contributed by atoms with Gasteiger partial charge in [-0.25, -0.2) is 0 Å². The Morgan fingerprint density at radius 1 is 1.21 bits per heavy atom. The smallest absolute Gasteiger partial charge is 0.0999 e. The summed E-state index contributed by atoms with van der Waals surface area (Å²) in [6.45, 7) is 3.27. The molecule has 1 heteroatoms. The van der Waals surface area contributed by atoms with Crippen molar-refractivity contribution in [3.8, 4) is 0 Å². The summed E-state index contributed by atoms with van der Waals surface area (Å²) < 4.78 is 5.70. The molecule has 1 atom stereocenters. The second kappa shape index (κ2) is 3.15. The van der Waals surface area contributed by atoms with E-state index in [0.717, 1.165) is 12.5 Å². The van der Waals surface area contributed by atoms with Gasteiger partial charge in [0, 0.05) is 12.8 Å². The molecular weight excluding hydrogens is 172 g/mol. The first-order valence-corrected chi connectivity index (χ1v) is 5.97. The van der Waals surface area contributed by atoms with E-state index in [2.05, 4.69) is 6.92 Å². The van der Waals surface area contributed by atoms with Crippen molar-refractivity contribution in [1.29, 1.82) is 0 Å². The Hall–Kier alpha value is -0.720. The van der Waals surface area contributed by atoms with Gasteiger partial charge in [-0.15, -0.1) is 0 Å². The predicted molar refractivity (Wildman–Crippen MR) is 56.9 cm³/mol. The van der Waals surface area contributed by atoms with Gasteiger partial charge in [-0.05, 0) is 42.7 Å². The van der Waals surface area contributed by atoms with Gasteiger partial charge in [0.25, 0.3) is 0 Å². The number of hydrogen-bond donors (Lipinski definition) is 0. The summed E-state index contributed by atoms with van der Waals surface area (Å²) in [5.74, 6) is 2.20. The molecule has 3 rings (SSSR count). The number of fused-ring (bicyclic) bond motifs is 1. The molecule has 0 aromatic rings. The Morgan fingerprint density at radius 2 is 2.14 bits per heavy atom. The summed E-state index contributed by atoms with van der Waals surface area (Å²) in [6, 6.07) is 0. The second-order valence-electron chi connectivity index (χ2n) is 4.66. The van der Waals surface area contributed by atoms with Crippen LogP contribution < -0.4 is 0 Å². The van der Waals surface area contributed by atoms with Crippen molar-refractivity contribution in [2.45, 2.75) is 45.4 Å². The van der Waals surface area contributed by atoms with Gasteiger partial charge in [0.1, 0.15) is 0 Å². The molecule has 76 valence electrons. The first-order chi connectivity index (χ1) is 6.90. The van der Waals surface area contributed by atoms with Crippen LogP contribution in [0.4, 0.5) is 0 Å². The van der Waals surface area contributed by atoms with Crippen LogP contribution in [-0.4, -0.2) is 6.61 Å². The molecule has 1 unspecified atom stereocenters. The fourth-order valence-electron chi connectivity index (χ4n) is 3.32.